The van der Waals surface area contributed by atoms with E-state index in [0.717, 1.165) is 46.5 Å². The molecule has 0 spiro atoms. The zero-order valence-electron chi connectivity index (χ0n) is 15.9. The summed E-state index contributed by atoms with van der Waals surface area (Å²) in [5.74, 6) is 0. The maximum absolute atomic E-state index is 9.04. The predicted molar refractivity (Wildman–Crippen MR) is 113 cm³/mol. The van der Waals surface area contributed by atoms with Gasteiger partial charge in [-0.15, -0.1) is 0 Å². The molecule has 0 radical (unpaired) electrons. The summed E-state index contributed by atoms with van der Waals surface area (Å²) in [6.07, 6.45) is 3.09. The van der Waals surface area contributed by atoms with Gasteiger partial charge in [-0.1, -0.05) is 43.3 Å². The first-order valence-electron chi connectivity index (χ1n) is 8.72. The fourth-order valence-electron chi connectivity index (χ4n) is 3.10. The van der Waals surface area contributed by atoms with Gasteiger partial charge in [0.2, 0.25) is 0 Å². The van der Waals surface area contributed by atoms with Crippen LogP contribution in [-0.2, 0) is 0 Å². The summed E-state index contributed by atoms with van der Waals surface area (Å²) in [5.41, 5.74) is 7.99. The number of allylic oxidation sites excluding steroid dienone is 6. The second-order valence-electron chi connectivity index (χ2n) is 6.56. The number of nitrogens with zero attached hydrogens (tertiary/aromatic N) is 1. The molecular formula is C22H28N2S. The molecule has 0 saturated carbocycles. The molecule has 0 aromatic heterocycles. The highest BCUT2D eigenvalue weighted by Gasteiger charge is 2.23. The molecule has 1 N–H and O–H groups in total. The smallest absolute Gasteiger partial charge is 0.0713 e. The maximum Gasteiger partial charge on any atom is 0.0713 e. The van der Waals surface area contributed by atoms with E-state index in [4.69, 9.17) is 5.41 Å². The molecule has 1 aromatic rings. The van der Waals surface area contributed by atoms with Crippen molar-refractivity contribution in [1.82, 2.24) is 4.31 Å². The minimum absolute atomic E-state index is 0.560. The Morgan fingerprint density at radius 1 is 1.20 bits per heavy atom. The third-order valence-electron chi connectivity index (χ3n) is 4.36. The Labute approximate surface area is 156 Å². The van der Waals surface area contributed by atoms with Crippen LogP contribution in [0, 0.1) is 12.3 Å². The highest BCUT2D eigenvalue weighted by Crippen LogP contribution is 2.34. The monoisotopic (exact) mass is 352 g/mol. The van der Waals surface area contributed by atoms with Gasteiger partial charge >= 0.3 is 0 Å². The summed E-state index contributed by atoms with van der Waals surface area (Å²) in [5, 5.41) is 11.1. The van der Waals surface area contributed by atoms with Crippen LogP contribution >= 0.6 is 11.9 Å². The Bertz CT molecular complexity index is 777. The fraction of sp³-hybridized carbons (Fsp3) is 0.318. The Morgan fingerprint density at radius 2 is 1.88 bits per heavy atom. The van der Waals surface area contributed by atoms with E-state index in [0.29, 0.717) is 5.71 Å². The Kier molecular flexibility index (Phi) is 6.49. The van der Waals surface area contributed by atoms with Crippen LogP contribution in [0.2, 0.25) is 0 Å². The average molecular weight is 353 g/mol. The van der Waals surface area contributed by atoms with E-state index in [2.05, 4.69) is 63.0 Å². The quantitative estimate of drug-likeness (QED) is 0.482. The van der Waals surface area contributed by atoms with Crippen LogP contribution in [0.5, 0.6) is 0 Å². The van der Waals surface area contributed by atoms with Gasteiger partial charge < -0.3 is 4.31 Å². The van der Waals surface area contributed by atoms with Gasteiger partial charge in [0.25, 0.3) is 0 Å². The number of hydrogen-bond donors (Lipinski definition) is 1. The van der Waals surface area contributed by atoms with E-state index in [9.17, 15) is 0 Å². The molecule has 0 aliphatic carbocycles. The molecular weight excluding hydrogens is 324 g/mol. The van der Waals surface area contributed by atoms with Crippen LogP contribution < -0.4 is 0 Å². The van der Waals surface area contributed by atoms with Crippen molar-refractivity contribution in [3.8, 4) is 0 Å². The predicted octanol–water partition coefficient (Wildman–Crippen LogP) is 6.53. The van der Waals surface area contributed by atoms with E-state index in [1.165, 1.54) is 5.56 Å². The lowest BCUT2D eigenvalue weighted by Crippen LogP contribution is -2.18. The number of rotatable bonds is 5. The first-order valence-corrected chi connectivity index (χ1v) is 9.55. The Morgan fingerprint density at radius 3 is 2.48 bits per heavy atom. The van der Waals surface area contributed by atoms with E-state index in [-0.39, 0.29) is 0 Å². The van der Waals surface area contributed by atoms with Crippen molar-refractivity contribution in [1.29, 1.82) is 5.41 Å². The van der Waals surface area contributed by atoms with Crippen LogP contribution in [0.15, 0.2) is 64.7 Å². The molecule has 0 amide bonds. The van der Waals surface area contributed by atoms with Gasteiger partial charge in [0.05, 0.1) is 5.71 Å². The summed E-state index contributed by atoms with van der Waals surface area (Å²) in [4.78, 5) is 0. The second-order valence-corrected chi connectivity index (χ2v) is 7.48. The molecule has 1 aliphatic heterocycles. The van der Waals surface area contributed by atoms with Crippen LogP contribution in [0.4, 0.5) is 0 Å². The van der Waals surface area contributed by atoms with Crippen molar-refractivity contribution in [3.05, 3.63) is 75.9 Å². The third-order valence-corrected chi connectivity index (χ3v) is 5.32. The summed E-state index contributed by atoms with van der Waals surface area (Å²) < 4.78 is 2.26. The van der Waals surface area contributed by atoms with Gasteiger partial charge in [0.15, 0.2) is 0 Å². The fourth-order valence-corrected chi connectivity index (χ4v) is 4.01. The Balaban J connectivity index is 2.60. The highest BCUT2D eigenvalue weighted by molar-refractivity contribution is 8.00. The van der Waals surface area contributed by atoms with Gasteiger partial charge in [0.1, 0.15) is 0 Å². The summed E-state index contributed by atoms with van der Waals surface area (Å²) >= 11 is 1.68. The van der Waals surface area contributed by atoms with Crippen molar-refractivity contribution < 1.29 is 0 Å². The molecule has 0 unspecified atom stereocenters. The van der Waals surface area contributed by atoms with Gasteiger partial charge in [-0.2, -0.15) is 0 Å². The van der Waals surface area contributed by atoms with E-state index in [1.807, 2.05) is 18.2 Å². The minimum Gasteiger partial charge on any atom is -0.316 e. The van der Waals surface area contributed by atoms with Gasteiger partial charge in [-0.3, -0.25) is 5.41 Å². The molecule has 25 heavy (non-hydrogen) atoms. The summed E-state index contributed by atoms with van der Waals surface area (Å²) in [6.45, 7) is 15.7. The first-order chi connectivity index (χ1) is 11.9. The molecule has 1 heterocycles. The topological polar surface area (TPSA) is 27.1 Å². The first kappa shape index (κ1) is 19.3. The molecule has 132 valence electrons. The zero-order valence-corrected chi connectivity index (χ0v) is 16.8. The SMILES string of the molecule is C=C1C=CSN(CCC)C(C)=C1C(=N)C(=C(C)C)c1ccccc1C. The number of aryl methyl sites for hydroxylation is 1. The molecule has 0 bridgehead atoms. The molecule has 0 fully saturated rings. The highest BCUT2D eigenvalue weighted by atomic mass is 32.2. The van der Waals surface area contributed by atoms with Gasteiger partial charge in [-0.05, 0) is 74.2 Å². The maximum atomic E-state index is 9.04. The normalized spacial score (nSPS) is 14.6. The molecule has 1 aromatic carbocycles. The zero-order chi connectivity index (χ0) is 18.6. The lowest BCUT2D eigenvalue weighted by Gasteiger charge is -2.25. The van der Waals surface area contributed by atoms with Gasteiger partial charge in [-0.25, -0.2) is 0 Å². The average Bonchev–Trinajstić information content (AvgIpc) is 2.68. The van der Waals surface area contributed by atoms with E-state index < -0.39 is 0 Å². The molecule has 0 atom stereocenters. The van der Waals surface area contributed by atoms with Crippen LogP contribution in [0.3, 0.4) is 0 Å². The van der Waals surface area contributed by atoms with Crippen molar-refractivity contribution in [3.63, 3.8) is 0 Å². The standard InChI is InChI=1S/C22H28N2S/c1-7-13-24-18(6)21(17(5)12-14-25-24)22(23)20(15(2)3)19-11-9-8-10-16(19)4/h8-12,14,23H,5,7,13H2,1-4,6H3. The van der Waals surface area contributed by atoms with Crippen LogP contribution in [0.1, 0.15) is 45.2 Å². The lowest BCUT2D eigenvalue weighted by molar-refractivity contribution is 0.566. The second kappa shape index (κ2) is 8.39. The van der Waals surface area contributed by atoms with Crippen molar-refractivity contribution >= 4 is 23.2 Å². The molecule has 3 heteroatoms. The largest absolute Gasteiger partial charge is 0.316 e. The molecule has 2 nitrogen and oxygen atoms in total. The number of hydrogen-bond acceptors (Lipinski definition) is 3. The lowest BCUT2D eigenvalue weighted by atomic mass is 9.87. The number of benzene rings is 1. The van der Waals surface area contributed by atoms with Gasteiger partial charge in [0, 0.05) is 23.4 Å². The van der Waals surface area contributed by atoms with Crippen molar-refractivity contribution in [2.75, 3.05) is 6.54 Å². The van der Waals surface area contributed by atoms with Crippen LogP contribution in [-0.4, -0.2) is 16.6 Å². The van der Waals surface area contributed by atoms with Crippen molar-refractivity contribution in [2.45, 2.75) is 41.0 Å². The van der Waals surface area contributed by atoms with Crippen LogP contribution in [0.25, 0.3) is 5.57 Å². The summed E-state index contributed by atoms with van der Waals surface area (Å²) in [6, 6.07) is 8.30. The number of nitrogens with one attached hydrogen (secondary N) is 1. The van der Waals surface area contributed by atoms with E-state index >= 15 is 0 Å². The Hall–Kier alpha value is -2.00. The van der Waals surface area contributed by atoms with E-state index in [1.54, 1.807) is 11.9 Å². The minimum atomic E-state index is 0.560. The summed E-state index contributed by atoms with van der Waals surface area (Å²) in [7, 11) is 0. The molecule has 2 rings (SSSR count). The molecule has 0 saturated heterocycles. The molecule has 1 aliphatic rings. The van der Waals surface area contributed by atoms with Crippen molar-refractivity contribution in [2.24, 2.45) is 0 Å². The third kappa shape index (κ3) is 4.16.